The van der Waals surface area contributed by atoms with E-state index in [9.17, 15) is 24.6 Å². The van der Waals surface area contributed by atoms with Crippen molar-refractivity contribution in [3.8, 4) is 23.0 Å². The topological polar surface area (TPSA) is 185 Å². The summed E-state index contributed by atoms with van der Waals surface area (Å²) in [6, 6.07) is 13.2. The maximum atomic E-state index is 17.1. The lowest BCUT2D eigenvalue weighted by molar-refractivity contribution is -0.144. The molecule has 5 aromatic rings. The molecule has 4 fully saturated rings. The zero-order chi connectivity index (χ0) is 57.0. The summed E-state index contributed by atoms with van der Waals surface area (Å²) in [6.45, 7) is 14.1. The highest BCUT2D eigenvalue weighted by Gasteiger charge is 2.44. The molecule has 5 atom stereocenters. The van der Waals surface area contributed by atoms with E-state index in [4.69, 9.17) is 14.7 Å². The first-order chi connectivity index (χ1) is 39.0. The molecular weight excluding hydrogens is 1030 g/mol. The number of phenolic OH excluding ortho intramolecular Hbond substituents is 1. The summed E-state index contributed by atoms with van der Waals surface area (Å²) in [5, 5.41) is 32.6. The zero-order valence-electron chi connectivity index (χ0n) is 47.8. The van der Waals surface area contributed by atoms with Gasteiger partial charge in [0.25, 0.3) is 0 Å². The number of aromatic hydroxyl groups is 1. The quantitative estimate of drug-likeness (QED) is 0.0439. The van der Waals surface area contributed by atoms with Crippen molar-refractivity contribution in [3.63, 3.8) is 0 Å². The van der Waals surface area contributed by atoms with Gasteiger partial charge < -0.3 is 45.6 Å². The smallest absolute Gasteiger partial charge is 0.319 e. The standard InChI is InChI=1S/C64H81F2N9O6/c1-6-48-52(65)25-22-42-31-45(76)32-50(55(42)48)57-56(66)58-51(35-67-57)60(74-36-43-23-24-44(37-74)69-43)72-63(71-58)81-47-26-29-73(30-27-47)28-13-11-9-7-8-10-12-17-54(78)70-59(64(3,4)5)62(80)75-38-46(77)33-53(75)61(79)68-34-40-18-20-41(21-19-40)49-16-14-15-39(49)2/h14-15,18-22,25,31-32,35,43-44,46-47,53,59,69,76-77H,6-13,16-17,23-24,26-30,33-34,36-38H2,1-5H3,(H,68,79)(H,70,78)/t43?,44?,46-,53+,59?/m1/s1. The fourth-order valence-electron chi connectivity index (χ4n) is 12.9. The minimum atomic E-state index is -0.855. The number of piperidine rings is 1. The van der Waals surface area contributed by atoms with Crippen LogP contribution in [0.25, 0.3) is 38.5 Å². The number of piperazine rings is 1. The molecule has 17 heteroatoms. The number of aliphatic hydroxyl groups excluding tert-OH is 1. The number of benzene rings is 3. The summed E-state index contributed by atoms with van der Waals surface area (Å²) in [5.74, 6) is -1.43. The molecule has 0 saturated carbocycles. The van der Waals surface area contributed by atoms with E-state index in [1.54, 1.807) is 18.3 Å². The van der Waals surface area contributed by atoms with Gasteiger partial charge in [0.2, 0.25) is 17.7 Å². The normalized spacial score (nSPS) is 20.9. The number of rotatable bonds is 21. The van der Waals surface area contributed by atoms with Crippen LogP contribution in [0.3, 0.4) is 0 Å². The van der Waals surface area contributed by atoms with E-state index < -0.39 is 35.2 Å². The molecule has 4 saturated heterocycles. The van der Waals surface area contributed by atoms with Crippen LogP contribution >= 0.6 is 0 Å². The Morgan fingerprint density at radius 3 is 2.31 bits per heavy atom. The van der Waals surface area contributed by atoms with E-state index in [0.717, 1.165) is 114 Å². The van der Waals surface area contributed by atoms with Crippen molar-refractivity contribution in [2.24, 2.45) is 5.41 Å². The zero-order valence-corrected chi connectivity index (χ0v) is 47.8. The average Bonchev–Trinajstić information content (AvgIpc) is 4.14. The molecule has 432 valence electrons. The molecule has 3 aromatic carbocycles. The maximum absolute atomic E-state index is 17.1. The number of anilines is 1. The number of fused-ring (bicyclic) bond motifs is 4. The number of nitrogens with one attached hydrogen (secondary N) is 3. The van der Waals surface area contributed by atoms with E-state index >= 15 is 8.78 Å². The van der Waals surface area contributed by atoms with Crippen LogP contribution in [0.5, 0.6) is 11.8 Å². The van der Waals surface area contributed by atoms with E-state index in [1.807, 2.05) is 39.8 Å². The number of β-amino-alcohol motifs (C(OH)–C–C–N with tert-alkyl or cyclic N) is 1. The number of pyridine rings is 1. The van der Waals surface area contributed by atoms with Gasteiger partial charge >= 0.3 is 6.01 Å². The van der Waals surface area contributed by atoms with Crippen LogP contribution in [-0.2, 0) is 27.3 Å². The molecule has 3 amide bonds. The Bertz CT molecular complexity index is 3160. The number of amides is 3. The summed E-state index contributed by atoms with van der Waals surface area (Å²) in [4.78, 5) is 61.4. The van der Waals surface area contributed by atoms with Crippen molar-refractivity contribution in [2.45, 2.75) is 174 Å². The third-order valence-electron chi connectivity index (χ3n) is 17.3. The van der Waals surface area contributed by atoms with Gasteiger partial charge in [0.15, 0.2) is 5.82 Å². The van der Waals surface area contributed by atoms with Gasteiger partial charge in [-0.05, 0) is 127 Å². The van der Waals surface area contributed by atoms with Gasteiger partial charge in [0, 0.05) is 76.0 Å². The van der Waals surface area contributed by atoms with Crippen molar-refractivity contribution >= 4 is 50.8 Å². The number of hydrogen-bond acceptors (Lipinski definition) is 12. The van der Waals surface area contributed by atoms with Gasteiger partial charge in [-0.1, -0.05) is 102 Å². The number of aromatic nitrogens is 3. The third kappa shape index (κ3) is 13.4. The highest BCUT2D eigenvalue weighted by Crippen LogP contribution is 2.40. The second-order valence-corrected chi connectivity index (χ2v) is 24.4. The minimum absolute atomic E-state index is 0.0205. The largest absolute Gasteiger partial charge is 0.508 e. The number of unbranched alkanes of at least 4 members (excludes halogenated alkanes) is 6. The van der Waals surface area contributed by atoms with E-state index in [1.165, 1.54) is 28.2 Å². The second kappa shape index (κ2) is 25.3. The molecule has 81 heavy (non-hydrogen) atoms. The number of likely N-dealkylation sites (tertiary alicyclic amines) is 2. The average molecular weight is 1110 g/mol. The minimum Gasteiger partial charge on any atom is -0.508 e. The monoisotopic (exact) mass is 1110 g/mol. The van der Waals surface area contributed by atoms with Gasteiger partial charge in [-0.15, -0.1) is 0 Å². The lowest BCUT2D eigenvalue weighted by Gasteiger charge is -2.35. The first-order valence-electron chi connectivity index (χ1n) is 29.7. The third-order valence-corrected chi connectivity index (χ3v) is 17.3. The molecule has 0 radical (unpaired) electrons. The Balaban J connectivity index is 0.660. The van der Waals surface area contributed by atoms with Gasteiger partial charge in [-0.25, -0.2) is 8.78 Å². The number of halogens is 2. The first kappa shape index (κ1) is 57.7. The van der Waals surface area contributed by atoms with E-state index in [0.29, 0.717) is 71.0 Å². The molecule has 1 aliphatic carbocycles. The molecule has 5 N–H and O–H groups in total. The molecule has 10 rings (SSSR count). The summed E-state index contributed by atoms with van der Waals surface area (Å²) >= 11 is 0. The Kier molecular flexibility index (Phi) is 18.0. The number of carbonyl (C=O) groups is 3. The molecule has 2 aromatic heterocycles. The molecule has 6 heterocycles. The highest BCUT2D eigenvalue weighted by atomic mass is 19.1. The summed E-state index contributed by atoms with van der Waals surface area (Å²) in [6.07, 6.45) is 17.3. The number of aryl methyl sites for hydroxylation is 1. The SMILES string of the molecule is CCc1c(F)ccc2cc(O)cc(-c3ncc4c(N5CC6CCC(C5)N6)nc(OC5CCN(CCCCCCCCCC(=O)NC(C(=O)N6C[C@H](O)C[C@H]6C(=O)NCc6ccc(C7=C(C)C=CC7)cc6)C(C)(C)C)CC5)nc4c3F)c12. The van der Waals surface area contributed by atoms with Crippen LogP contribution in [0.4, 0.5) is 14.6 Å². The number of hydrogen-bond donors (Lipinski definition) is 5. The fraction of sp³-hybridized carbons (Fsp3) is 0.531. The number of ether oxygens (including phenoxy) is 1. The number of aliphatic hydroxyl groups is 1. The molecule has 3 unspecified atom stereocenters. The van der Waals surface area contributed by atoms with E-state index in [2.05, 4.69) is 61.9 Å². The van der Waals surface area contributed by atoms with Gasteiger partial charge in [0.1, 0.15) is 46.8 Å². The van der Waals surface area contributed by atoms with Crippen molar-refractivity contribution in [1.29, 1.82) is 0 Å². The molecule has 5 aliphatic rings. The summed E-state index contributed by atoms with van der Waals surface area (Å²) in [5.41, 5.74) is 4.82. The Morgan fingerprint density at radius 2 is 1.62 bits per heavy atom. The van der Waals surface area contributed by atoms with Crippen molar-refractivity contribution in [1.82, 2.24) is 40.7 Å². The van der Waals surface area contributed by atoms with Crippen molar-refractivity contribution in [3.05, 3.63) is 101 Å². The highest BCUT2D eigenvalue weighted by molar-refractivity contribution is 6.02. The second-order valence-electron chi connectivity index (χ2n) is 24.4. The van der Waals surface area contributed by atoms with Crippen LogP contribution in [0.15, 0.2) is 72.5 Å². The van der Waals surface area contributed by atoms with E-state index in [-0.39, 0.29) is 59.8 Å². The van der Waals surface area contributed by atoms with Gasteiger partial charge in [-0.3, -0.25) is 19.4 Å². The first-order valence-corrected chi connectivity index (χ1v) is 29.7. The van der Waals surface area contributed by atoms with Crippen molar-refractivity contribution < 1.29 is 38.1 Å². The van der Waals surface area contributed by atoms with Crippen LogP contribution in [-0.4, -0.2) is 128 Å². The van der Waals surface area contributed by atoms with Crippen LogP contribution in [0.2, 0.25) is 0 Å². The fourth-order valence-corrected chi connectivity index (χ4v) is 12.9. The van der Waals surface area contributed by atoms with Gasteiger partial charge in [-0.2, -0.15) is 9.97 Å². The van der Waals surface area contributed by atoms with Crippen molar-refractivity contribution in [2.75, 3.05) is 44.2 Å². The Morgan fingerprint density at radius 1 is 0.901 bits per heavy atom. The Labute approximate surface area is 475 Å². The van der Waals surface area contributed by atoms with Crippen LogP contribution in [0.1, 0.15) is 141 Å². The lowest BCUT2D eigenvalue weighted by atomic mass is 9.85. The maximum Gasteiger partial charge on any atom is 0.319 e. The number of carbonyl (C=O) groups excluding carboxylic acids is 3. The van der Waals surface area contributed by atoms with Gasteiger partial charge in [0.05, 0.1) is 11.5 Å². The molecule has 4 aliphatic heterocycles. The Hall–Kier alpha value is -6.56. The predicted molar refractivity (Wildman–Crippen MR) is 313 cm³/mol. The summed E-state index contributed by atoms with van der Waals surface area (Å²) < 4.78 is 38.9. The number of nitrogens with zero attached hydrogens (tertiary/aromatic N) is 6. The molecule has 15 nitrogen and oxygen atoms in total. The lowest BCUT2D eigenvalue weighted by Crippen LogP contribution is -2.57. The number of allylic oxidation sites excluding steroid dienone is 4. The summed E-state index contributed by atoms with van der Waals surface area (Å²) in [7, 11) is 0. The van der Waals surface area contributed by atoms with Crippen LogP contribution < -0.4 is 25.6 Å². The molecule has 2 bridgehead atoms. The number of phenols is 1. The molecular formula is C64H81F2N9O6. The van der Waals surface area contributed by atoms with Crippen LogP contribution in [0, 0.1) is 17.0 Å². The predicted octanol–water partition coefficient (Wildman–Crippen LogP) is 9.84. The molecule has 0 spiro atoms.